The quantitative estimate of drug-likeness (QED) is 0.699. The van der Waals surface area contributed by atoms with Gasteiger partial charge in [-0.15, -0.1) is 0 Å². The van der Waals surface area contributed by atoms with Crippen molar-refractivity contribution < 1.29 is 9.15 Å². The number of furan rings is 1. The molecular weight excluding hydrogens is 226 g/mol. The zero-order valence-electron chi connectivity index (χ0n) is 9.87. The van der Waals surface area contributed by atoms with Gasteiger partial charge in [0.25, 0.3) is 5.95 Å². The molecule has 0 aliphatic heterocycles. The van der Waals surface area contributed by atoms with Crippen molar-refractivity contribution in [2.75, 3.05) is 6.61 Å². The van der Waals surface area contributed by atoms with Gasteiger partial charge in [-0.2, -0.15) is 0 Å². The monoisotopic (exact) mass is 239 g/mol. The highest BCUT2D eigenvalue weighted by Gasteiger charge is 2.00. The van der Waals surface area contributed by atoms with E-state index < -0.39 is 0 Å². The summed E-state index contributed by atoms with van der Waals surface area (Å²) in [6, 6.07) is 15.8. The van der Waals surface area contributed by atoms with Gasteiger partial charge in [-0.1, -0.05) is 24.3 Å². The van der Waals surface area contributed by atoms with E-state index in [0.29, 0.717) is 12.6 Å². The van der Waals surface area contributed by atoms with Crippen molar-refractivity contribution in [3.63, 3.8) is 0 Å². The minimum Gasteiger partial charge on any atom is -0.465 e. The molecule has 2 heterocycles. The van der Waals surface area contributed by atoms with E-state index in [4.69, 9.17) is 9.15 Å². The minimum atomic E-state index is 0.552. The summed E-state index contributed by atoms with van der Waals surface area (Å²) in [6.07, 6.45) is 2.37. The third-order valence-electron chi connectivity index (χ3n) is 2.75. The van der Waals surface area contributed by atoms with Gasteiger partial charge in [-0.3, -0.25) is 4.98 Å². The van der Waals surface area contributed by atoms with Gasteiger partial charge >= 0.3 is 0 Å². The van der Waals surface area contributed by atoms with E-state index in [1.54, 1.807) is 12.3 Å². The predicted octanol–water partition coefficient (Wildman–Crippen LogP) is 3.45. The number of hydrogen-bond acceptors (Lipinski definition) is 3. The highest BCUT2D eigenvalue weighted by atomic mass is 16.6. The molecule has 0 N–H and O–H groups in total. The van der Waals surface area contributed by atoms with Gasteiger partial charge in [0.2, 0.25) is 0 Å². The molecule has 1 aromatic carbocycles. The largest absolute Gasteiger partial charge is 0.465 e. The van der Waals surface area contributed by atoms with Crippen LogP contribution < -0.4 is 4.74 Å². The van der Waals surface area contributed by atoms with Gasteiger partial charge in [-0.25, -0.2) is 0 Å². The van der Waals surface area contributed by atoms with Crippen molar-refractivity contribution >= 4 is 10.9 Å². The lowest BCUT2D eigenvalue weighted by Crippen LogP contribution is -2.02. The number of hydrogen-bond donors (Lipinski definition) is 0. The zero-order chi connectivity index (χ0) is 12.2. The van der Waals surface area contributed by atoms with E-state index in [9.17, 15) is 0 Å². The van der Waals surface area contributed by atoms with Crippen molar-refractivity contribution in [3.8, 4) is 5.95 Å². The number of pyridine rings is 1. The van der Waals surface area contributed by atoms with E-state index in [2.05, 4.69) is 17.1 Å². The number of benzene rings is 1. The van der Waals surface area contributed by atoms with Crippen LogP contribution in [-0.2, 0) is 6.42 Å². The molecule has 0 atom stereocenters. The lowest BCUT2D eigenvalue weighted by molar-refractivity contribution is 0.245. The molecule has 3 rings (SSSR count). The SMILES string of the molecule is c1coc(OCCc2ccc3ccccc3n2)c1. The molecule has 0 bridgehead atoms. The molecule has 0 fully saturated rings. The Bertz CT molecular complexity index is 632. The van der Waals surface area contributed by atoms with Crippen LogP contribution in [0.4, 0.5) is 0 Å². The first-order chi connectivity index (χ1) is 8.92. The highest BCUT2D eigenvalue weighted by molar-refractivity contribution is 5.78. The summed E-state index contributed by atoms with van der Waals surface area (Å²) in [6.45, 7) is 0.568. The Labute approximate surface area is 105 Å². The van der Waals surface area contributed by atoms with E-state index in [1.165, 1.54) is 0 Å². The maximum absolute atomic E-state index is 5.46. The Morgan fingerprint density at radius 1 is 1.00 bits per heavy atom. The summed E-state index contributed by atoms with van der Waals surface area (Å²) in [7, 11) is 0. The average molecular weight is 239 g/mol. The Hall–Kier alpha value is -2.29. The summed E-state index contributed by atoms with van der Waals surface area (Å²) in [5.41, 5.74) is 2.05. The number of fused-ring (bicyclic) bond motifs is 1. The normalized spacial score (nSPS) is 10.7. The van der Waals surface area contributed by atoms with Crippen LogP contribution in [0, 0.1) is 0 Å². The van der Waals surface area contributed by atoms with Crippen LogP contribution in [-0.4, -0.2) is 11.6 Å². The summed E-state index contributed by atoms with van der Waals surface area (Å²) < 4.78 is 10.6. The summed E-state index contributed by atoms with van der Waals surface area (Å²) in [4.78, 5) is 4.58. The molecule has 3 aromatic rings. The predicted molar refractivity (Wildman–Crippen MR) is 69.7 cm³/mol. The number of aromatic nitrogens is 1. The van der Waals surface area contributed by atoms with Crippen LogP contribution in [0.3, 0.4) is 0 Å². The van der Waals surface area contributed by atoms with Crippen molar-refractivity contribution in [1.29, 1.82) is 0 Å². The van der Waals surface area contributed by atoms with Crippen LogP contribution in [0.25, 0.3) is 10.9 Å². The van der Waals surface area contributed by atoms with Crippen molar-refractivity contribution in [1.82, 2.24) is 4.98 Å². The van der Waals surface area contributed by atoms with Crippen molar-refractivity contribution in [2.24, 2.45) is 0 Å². The van der Waals surface area contributed by atoms with Crippen LogP contribution in [0.5, 0.6) is 5.95 Å². The van der Waals surface area contributed by atoms with Crippen LogP contribution >= 0.6 is 0 Å². The second kappa shape index (κ2) is 4.92. The van der Waals surface area contributed by atoms with Crippen LogP contribution in [0.15, 0.2) is 59.2 Å². The fourth-order valence-electron chi connectivity index (χ4n) is 1.85. The molecule has 3 heteroatoms. The average Bonchev–Trinajstić information content (AvgIpc) is 2.92. The van der Waals surface area contributed by atoms with Gasteiger partial charge in [0.15, 0.2) is 0 Å². The van der Waals surface area contributed by atoms with Crippen molar-refractivity contribution in [2.45, 2.75) is 6.42 Å². The van der Waals surface area contributed by atoms with E-state index in [0.717, 1.165) is 23.0 Å². The van der Waals surface area contributed by atoms with Gasteiger partial charge in [0, 0.05) is 23.6 Å². The molecule has 0 amide bonds. The lowest BCUT2D eigenvalue weighted by Gasteiger charge is -2.04. The summed E-state index contributed by atoms with van der Waals surface area (Å²) in [5.74, 6) is 0.552. The molecule has 0 spiro atoms. The molecule has 0 aliphatic carbocycles. The molecule has 0 radical (unpaired) electrons. The summed E-state index contributed by atoms with van der Waals surface area (Å²) >= 11 is 0. The molecule has 90 valence electrons. The van der Waals surface area contributed by atoms with Crippen LogP contribution in [0.1, 0.15) is 5.69 Å². The van der Waals surface area contributed by atoms with Gasteiger partial charge in [-0.05, 0) is 18.2 Å². The molecule has 3 nitrogen and oxygen atoms in total. The first-order valence-corrected chi connectivity index (χ1v) is 5.93. The Balaban J connectivity index is 1.67. The molecule has 18 heavy (non-hydrogen) atoms. The number of nitrogens with zero attached hydrogens (tertiary/aromatic N) is 1. The first-order valence-electron chi connectivity index (χ1n) is 5.93. The van der Waals surface area contributed by atoms with Gasteiger partial charge < -0.3 is 9.15 Å². The Morgan fingerprint density at radius 3 is 2.83 bits per heavy atom. The fourth-order valence-corrected chi connectivity index (χ4v) is 1.85. The van der Waals surface area contributed by atoms with Crippen LogP contribution in [0.2, 0.25) is 0 Å². The number of rotatable bonds is 4. The standard InChI is InChI=1S/C15H13NO2/c1-2-5-14-12(4-1)7-8-13(16-14)9-11-18-15-6-3-10-17-15/h1-8,10H,9,11H2. The maximum atomic E-state index is 5.46. The first kappa shape index (κ1) is 10.8. The third-order valence-corrected chi connectivity index (χ3v) is 2.75. The van der Waals surface area contributed by atoms with Crippen molar-refractivity contribution in [3.05, 3.63) is 60.5 Å². The fraction of sp³-hybridized carbons (Fsp3) is 0.133. The minimum absolute atomic E-state index is 0.552. The molecule has 0 unspecified atom stereocenters. The molecular formula is C15H13NO2. The zero-order valence-corrected chi connectivity index (χ0v) is 9.87. The second-order valence-electron chi connectivity index (χ2n) is 4.03. The third kappa shape index (κ3) is 2.35. The highest BCUT2D eigenvalue weighted by Crippen LogP contribution is 2.13. The Morgan fingerprint density at radius 2 is 1.94 bits per heavy atom. The molecule has 0 saturated carbocycles. The van der Waals surface area contributed by atoms with Gasteiger partial charge in [0.05, 0.1) is 18.4 Å². The molecule has 0 saturated heterocycles. The topological polar surface area (TPSA) is 35.3 Å². The number of para-hydroxylation sites is 1. The van der Waals surface area contributed by atoms with E-state index in [-0.39, 0.29) is 0 Å². The van der Waals surface area contributed by atoms with E-state index >= 15 is 0 Å². The van der Waals surface area contributed by atoms with E-state index in [1.807, 2.05) is 30.3 Å². The number of ether oxygens (including phenoxy) is 1. The molecule has 2 aromatic heterocycles. The van der Waals surface area contributed by atoms with Gasteiger partial charge in [0.1, 0.15) is 0 Å². The Kier molecular flexibility index (Phi) is 2.96. The smallest absolute Gasteiger partial charge is 0.284 e. The molecule has 0 aliphatic rings. The maximum Gasteiger partial charge on any atom is 0.284 e. The summed E-state index contributed by atoms with van der Waals surface area (Å²) in [5, 5.41) is 1.16. The lowest BCUT2D eigenvalue weighted by atomic mass is 10.2. The second-order valence-corrected chi connectivity index (χ2v) is 4.03.